The predicted octanol–water partition coefficient (Wildman–Crippen LogP) is 4.66. The van der Waals surface area contributed by atoms with Crippen molar-refractivity contribution >= 4 is 5.97 Å². The highest BCUT2D eigenvalue weighted by Crippen LogP contribution is 2.48. The van der Waals surface area contributed by atoms with Gasteiger partial charge in [-0.15, -0.1) is 0 Å². The minimum atomic E-state index is -0.722. The van der Waals surface area contributed by atoms with Crippen LogP contribution in [-0.2, 0) is 15.1 Å². The van der Waals surface area contributed by atoms with Gasteiger partial charge < -0.3 is 4.74 Å². The summed E-state index contributed by atoms with van der Waals surface area (Å²) in [6.07, 6.45) is 0.615. The first-order valence-electron chi connectivity index (χ1n) is 8.18. The van der Waals surface area contributed by atoms with Crippen molar-refractivity contribution in [2.24, 2.45) is 0 Å². The summed E-state index contributed by atoms with van der Waals surface area (Å²) >= 11 is 0. The van der Waals surface area contributed by atoms with Crippen molar-refractivity contribution in [3.8, 4) is 0 Å². The zero-order valence-electron chi connectivity index (χ0n) is 13.3. The van der Waals surface area contributed by atoms with Gasteiger partial charge in [-0.05, 0) is 5.56 Å². The fraction of sp³-hybridized carbons (Fsp3) is 0.136. The van der Waals surface area contributed by atoms with Gasteiger partial charge in [-0.25, -0.2) is 0 Å². The molecule has 0 spiro atoms. The molecule has 0 unspecified atom stereocenters. The molecule has 3 aromatic rings. The molecule has 24 heavy (non-hydrogen) atoms. The number of rotatable bonds is 3. The lowest BCUT2D eigenvalue weighted by molar-refractivity contribution is -0.147. The number of hydrogen-bond acceptors (Lipinski definition) is 2. The Labute approximate surface area is 141 Å². The first-order valence-corrected chi connectivity index (χ1v) is 8.18. The molecule has 1 aliphatic rings. The molecule has 0 radical (unpaired) electrons. The number of carbonyl (C=O) groups is 1. The minimum absolute atomic E-state index is 0.158. The number of ether oxygens (including phenoxy) is 1. The van der Waals surface area contributed by atoms with Gasteiger partial charge in [-0.3, -0.25) is 4.79 Å². The summed E-state index contributed by atoms with van der Waals surface area (Å²) in [5, 5.41) is 0. The predicted molar refractivity (Wildman–Crippen MR) is 93.6 cm³/mol. The SMILES string of the molecule is O=C1OC(c2ccccc2)(c2ccccc2)C[C@@H]1c1ccccc1. The van der Waals surface area contributed by atoms with Crippen molar-refractivity contribution in [1.29, 1.82) is 0 Å². The van der Waals surface area contributed by atoms with E-state index in [4.69, 9.17) is 4.74 Å². The number of benzene rings is 3. The molecule has 0 aliphatic carbocycles. The van der Waals surface area contributed by atoms with Crippen molar-refractivity contribution < 1.29 is 9.53 Å². The molecule has 1 fully saturated rings. The first-order chi connectivity index (χ1) is 11.8. The lowest BCUT2D eigenvalue weighted by Gasteiger charge is -2.29. The van der Waals surface area contributed by atoms with E-state index in [1.165, 1.54) is 0 Å². The van der Waals surface area contributed by atoms with E-state index >= 15 is 0 Å². The Morgan fingerprint density at radius 3 is 1.67 bits per heavy atom. The smallest absolute Gasteiger partial charge is 0.314 e. The monoisotopic (exact) mass is 314 g/mol. The summed E-state index contributed by atoms with van der Waals surface area (Å²) in [6.45, 7) is 0. The minimum Gasteiger partial charge on any atom is -0.449 e. The third-order valence-corrected chi connectivity index (χ3v) is 4.73. The van der Waals surface area contributed by atoms with Gasteiger partial charge in [0.15, 0.2) is 5.60 Å². The fourth-order valence-electron chi connectivity index (χ4n) is 3.53. The molecule has 0 aromatic heterocycles. The van der Waals surface area contributed by atoms with Crippen LogP contribution in [0.3, 0.4) is 0 Å². The third kappa shape index (κ3) is 2.41. The molecule has 4 rings (SSSR count). The van der Waals surface area contributed by atoms with Crippen LogP contribution in [-0.4, -0.2) is 5.97 Å². The zero-order chi connectivity index (χ0) is 16.4. The van der Waals surface area contributed by atoms with Crippen LogP contribution in [0, 0.1) is 0 Å². The second-order valence-corrected chi connectivity index (χ2v) is 6.15. The van der Waals surface area contributed by atoms with Gasteiger partial charge in [-0.2, -0.15) is 0 Å². The summed E-state index contributed by atoms with van der Waals surface area (Å²) in [4.78, 5) is 12.7. The molecule has 0 N–H and O–H groups in total. The van der Waals surface area contributed by atoms with E-state index in [9.17, 15) is 4.79 Å². The van der Waals surface area contributed by atoms with Crippen LogP contribution in [0.5, 0.6) is 0 Å². The van der Waals surface area contributed by atoms with Crippen molar-refractivity contribution in [3.63, 3.8) is 0 Å². The molecule has 2 nitrogen and oxygen atoms in total. The summed E-state index contributed by atoms with van der Waals surface area (Å²) in [7, 11) is 0. The van der Waals surface area contributed by atoms with Gasteiger partial charge >= 0.3 is 5.97 Å². The quantitative estimate of drug-likeness (QED) is 0.657. The van der Waals surface area contributed by atoms with Gasteiger partial charge in [-0.1, -0.05) is 91.0 Å². The Morgan fingerprint density at radius 2 is 1.17 bits per heavy atom. The molecule has 0 saturated carbocycles. The van der Waals surface area contributed by atoms with Crippen molar-refractivity contribution in [2.45, 2.75) is 17.9 Å². The van der Waals surface area contributed by atoms with Crippen LogP contribution in [0.15, 0.2) is 91.0 Å². The fourth-order valence-corrected chi connectivity index (χ4v) is 3.53. The van der Waals surface area contributed by atoms with Gasteiger partial charge in [0.25, 0.3) is 0 Å². The van der Waals surface area contributed by atoms with Crippen LogP contribution in [0.25, 0.3) is 0 Å². The second kappa shape index (κ2) is 5.97. The molecule has 1 heterocycles. The van der Waals surface area contributed by atoms with Crippen molar-refractivity contribution in [3.05, 3.63) is 108 Å². The lowest BCUT2D eigenvalue weighted by atomic mass is 9.80. The molecular weight excluding hydrogens is 296 g/mol. The molecule has 1 saturated heterocycles. The highest BCUT2D eigenvalue weighted by Gasteiger charge is 2.49. The van der Waals surface area contributed by atoms with E-state index in [1.807, 2.05) is 91.0 Å². The summed E-state index contributed by atoms with van der Waals surface area (Å²) in [5.74, 6) is -0.402. The van der Waals surface area contributed by atoms with Crippen molar-refractivity contribution in [1.82, 2.24) is 0 Å². The Balaban J connectivity index is 1.83. The summed E-state index contributed by atoms with van der Waals surface area (Å²) in [6, 6.07) is 30.0. The number of esters is 1. The van der Waals surface area contributed by atoms with Gasteiger partial charge in [0.2, 0.25) is 0 Å². The van der Waals surface area contributed by atoms with Gasteiger partial charge in [0, 0.05) is 17.5 Å². The van der Waals surface area contributed by atoms with Crippen LogP contribution in [0.2, 0.25) is 0 Å². The Morgan fingerprint density at radius 1 is 0.708 bits per heavy atom. The molecule has 0 bridgehead atoms. The van der Waals surface area contributed by atoms with E-state index in [0.717, 1.165) is 16.7 Å². The number of carbonyl (C=O) groups excluding carboxylic acids is 1. The van der Waals surface area contributed by atoms with Crippen LogP contribution in [0.1, 0.15) is 29.0 Å². The van der Waals surface area contributed by atoms with E-state index < -0.39 is 5.60 Å². The van der Waals surface area contributed by atoms with E-state index in [1.54, 1.807) is 0 Å². The highest BCUT2D eigenvalue weighted by atomic mass is 16.6. The molecule has 0 amide bonds. The normalized spacial score (nSPS) is 19.0. The summed E-state index contributed by atoms with van der Waals surface area (Å²) in [5.41, 5.74) is 2.32. The Kier molecular flexibility index (Phi) is 3.66. The van der Waals surface area contributed by atoms with Crippen LogP contribution < -0.4 is 0 Å². The molecule has 2 heteroatoms. The molecule has 1 aliphatic heterocycles. The highest BCUT2D eigenvalue weighted by molar-refractivity contribution is 5.82. The Hall–Kier alpha value is -2.87. The topological polar surface area (TPSA) is 26.3 Å². The largest absolute Gasteiger partial charge is 0.449 e. The second-order valence-electron chi connectivity index (χ2n) is 6.15. The van der Waals surface area contributed by atoms with E-state index in [0.29, 0.717) is 6.42 Å². The Bertz CT molecular complexity index is 786. The lowest BCUT2D eigenvalue weighted by Crippen LogP contribution is -2.27. The zero-order valence-corrected chi connectivity index (χ0v) is 13.3. The van der Waals surface area contributed by atoms with E-state index in [-0.39, 0.29) is 11.9 Å². The summed E-state index contributed by atoms with van der Waals surface area (Å²) < 4.78 is 6.05. The first kappa shape index (κ1) is 14.7. The number of cyclic esters (lactones) is 1. The maximum absolute atomic E-state index is 12.7. The number of hydrogen-bond donors (Lipinski definition) is 0. The van der Waals surface area contributed by atoms with Crippen molar-refractivity contribution in [2.75, 3.05) is 0 Å². The molecular formula is C22H18O2. The maximum Gasteiger partial charge on any atom is 0.314 e. The van der Waals surface area contributed by atoms with Crippen LogP contribution in [0.4, 0.5) is 0 Å². The van der Waals surface area contributed by atoms with Crippen LogP contribution >= 0.6 is 0 Å². The average molecular weight is 314 g/mol. The average Bonchev–Trinajstić information content (AvgIpc) is 3.03. The standard InChI is InChI=1S/C22H18O2/c23-21-20(17-10-4-1-5-11-17)16-22(24-21,18-12-6-2-7-13-18)19-14-8-3-9-15-19/h1-15,20H,16H2/t20-/m1/s1. The van der Waals surface area contributed by atoms with Gasteiger partial charge in [0.05, 0.1) is 5.92 Å². The van der Waals surface area contributed by atoms with Gasteiger partial charge in [0.1, 0.15) is 0 Å². The van der Waals surface area contributed by atoms with E-state index in [2.05, 4.69) is 0 Å². The maximum atomic E-state index is 12.7. The molecule has 118 valence electrons. The molecule has 3 aromatic carbocycles. The third-order valence-electron chi connectivity index (χ3n) is 4.73. The molecule has 1 atom stereocenters.